The van der Waals surface area contributed by atoms with Crippen molar-refractivity contribution in [3.05, 3.63) is 39.6 Å². The number of aromatic nitrogens is 2. The largest absolute Gasteiger partial charge is 0.416 e. The van der Waals surface area contributed by atoms with Gasteiger partial charge >= 0.3 is 12.4 Å². The van der Waals surface area contributed by atoms with Gasteiger partial charge in [-0.25, -0.2) is 13.1 Å². The quantitative estimate of drug-likeness (QED) is 0.677. The number of hydrogen-bond donors (Lipinski definition) is 1. The second kappa shape index (κ2) is 7.34. The Morgan fingerprint density at radius 2 is 1.68 bits per heavy atom. The zero-order valence-corrected chi connectivity index (χ0v) is 15.4. The average molecular weight is 467 g/mol. The van der Waals surface area contributed by atoms with E-state index in [2.05, 4.69) is 5.10 Å². The molecule has 2 aromatic rings. The highest BCUT2D eigenvalue weighted by molar-refractivity contribution is 7.92. The van der Waals surface area contributed by atoms with E-state index in [-0.39, 0.29) is 5.69 Å². The van der Waals surface area contributed by atoms with Crippen molar-refractivity contribution in [2.45, 2.75) is 12.4 Å². The third kappa shape index (κ3) is 5.21. The van der Waals surface area contributed by atoms with E-state index in [0.717, 1.165) is 6.20 Å². The van der Waals surface area contributed by atoms with E-state index in [4.69, 9.17) is 28.5 Å². The van der Waals surface area contributed by atoms with Gasteiger partial charge < -0.3 is 0 Å². The molecular formula is C13H6Cl2F6N4O2S. The Balaban J connectivity index is 2.50. The van der Waals surface area contributed by atoms with Crippen LogP contribution in [0.2, 0.25) is 10.0 Å². The predicted octanol–water partition coefficient (Wildman–Crippen LogP) is 4.37. The van der Waals surface area contributed by atoms with Gasteiger partial charge in [0.25, 0.3) is 0 Å². The maximum atomic E-state index is 12.8. The number of nitrogens with one attached hydrogen (secondary N) is 1. The smallest absolute Gasteiger partial charge is 0.279 e. The lowest BCUT2D eigenvalue weighted by atomic mass is 10.2. The van der Waals surface area contributed by atoms with Crippen LogP contribution in [0.4, 0.5) is 32.0 Å². The van der Waals surface area contributed by atoms with Crippen LogP contribution >= 0.6 is 23.2 Å². The molecule has 0 aliphatic heterocycles. The highest BCUT2D eigenvalue weighted by atomic mass is 35.5. The number of sulfonamides is 1. The number of hydrogen-bond acceptors (Lipinski definition) is 4. The fourth-order valence-electron chi connectivity index (χ4n) is 2.01. The molecule has 0 fully saturated rings. The van der Waals surface area contributed by atoms with Gasteiger partial charge in [0.05, 0.1) is 21.8 Å². The van der Waals surface area contributed by atoms with Gasteiger partial charge in [0.15, 0.2) is 11.4 Å². The number of nitriles is 1. The zero-order valence-electron chi connectivity index (χ0n) is 13.0. The summed E-state index contributed by atoms with van der Waals surface area (Å²) in [6.07, 6.45) is -9.05. The van der Waals surface area contributed by atoms with Gasteiger partial charge in [0, 0.05) is 0 Å². The summed E-state index contributed by atoms with van der Waals surface area (Å²) < 4.78 is 101. The first kappa shape index (κ1) is 22.1. The number of halogens is 8. The van der Waals surface area contributed by atoms with Crippen molar-refractivity contribution < 1.29 is 34.8 Å². The molecule has 0 aliphatic rings. The van der Waals surface area contributed by atoms with E-state index >= 15 is 0 Å². The van der Waals surface area contributed by atoms with E-state index in [1.807, 2.05) is 0 Å². The molecule has 0 saturated heterocycles. The molecule has 1 heterocycles. The summed E-state index contributed by atoms with van der Waals surface area (Å²) in [7, 11) is -4.93. The van der Waals surface area contributed by atoms with Crippen LogP contribution in [0.5, 0.6) is 0 Å². The Morgan fingerprint density at radius 3 is 2.11 bits per heavy atom. The van der Waals surface area contributed by atoms with E-state index < -0.39 is 55.1 Å². The normalized spacial score (nSPS) is 12.7. The van der Waals surface area contributed by atoms with Gasteiger partial charge in [-0.05, 0) is 12.1 Å². The number of anilines is 1. The molecule has 0 saturated carbocycles. The summed E-state index contributed by atoms with van der Waals surface area (Å²) >= 11 is 11.6. The zero-order chi connectivity index (χ0) is 21.5. The number of alkyl halides is 6. The third-order valence-electron chi connectivity index (χ3n) is 3.01. The Bertz CT molecular complexity index is 1030. The van der Waals surface area contributed by atoms with Gasteiger partial charge in [0.2, 0.25) is 10.0 Å². The summed E-state index contributed by atoms with van der Waals surface area (Å²) in [6, 6.07) is 2.48. The van der Waals surface area contributed by atoms with Gasteiger partial charge in [-0.2, -0.15) is 36.7 Å². The van der Waals surface area contributed by atoms with Crippen LogP contribution in [0, 0.1) is 11.3 Å². The first-order chi connectivity index (χ1) is 12.6. The van der Waals surface area contributed by atoms with Crippen molar-refractivity contribution >= 4 is 38.9 Å². The third-order valence-corrected chi connectivity index (χ3v) is 4.83. The molecule has 15 heteroatoms. The molecule has 0 unspecified atom stereocenters. The molecule has 0 bridgehead atoms. The summed E-state index contributed by atoms with van der Waals surface area (Å²) in [5, 5.41) is 11.5. The Hall–Kier alpha value is -2.17. The standard InChI is InChI=1S/C13H6Cl2F6N4O2S/c14-7-1-6(13(19,20)21)2-8(15)11(7)25-4-10(9(3-22)23-25)24-28(26,27)5-12(16,17)18/h1-2,4,24H,5H2. The maximum absolute atomic E-state index is 12.8. The SMILES string of the molecule is N#Cc1nn(-c2c(Cl)cc(C(F)(F)F)cc2Cl)cc1NS(=O)(=O)CC(F)(F)F. The van der Waals surface area contributed by atoms with Crippen LogP contribution in [0.1, 0.15) is 11.3 Å². The summed E-state index contributed by atoms with van der Waals surface area (Å²) in [5.74, 6) is -2.22. The number of nitrogens with zero attached hydrogens (tertiary/aromatic N) is 3. The fraction of sp³-hybridized carbons (Fsp3) is 0.231. The first-order valence-electron chi connectivity index (χ1n) is 6.76. The lowest BCUT2D eigenvalue weighted by Crippen LogP contribution is -2.28. The van der Waals surface area contributed by atoms with E-state index in [0.29, 0.717) is 16.8 Å². The topological polar surface area (TPSA) is 87.8 Å². The van der Waals surface area contributed by atoms with Gasteiger partial charge in [-0.3, -0.25) is 4.72 Å². The molecule has 0 amide bonds. The maximum Gasteiger partial charge on any atom is 0.416 e. The highest BCUT2D eigenvalue weighted by Crippen LogP contribution is 2.37. The van der Waals surface area contributed by atoms with Crippen molar-refractivity contribution in [2.75, 3.05) is 10.5 Å². The minimum absolute atomic E-state index is 0.339. The molecule has 2 rings (SSSR count). The minimum Gasteiger partial charge on any atom is -0.279 e. The van der Waals surface area contributed by atoms with Crippen LogP contribution in [-0.4, -0.2) is 30.1 Å². The summed E-state index contributed by atoms with van der Waals surface area (Å²) in [6.45, 7) is 0. The molecule has 28 heavy (non-hydrogen) atoms. The van der Waals surface area contributed by atoms with Crippen LogP contribution in [-0.2, 0) is 16.2 Å². The number of rotatable bonds is 4. The van der Waals surface area contributed by atoms with Gasteiger partial charge in [0.1, 0.15) is 17.4 Å². The number of benzene rings is 1. The summed E-state index contributed by atoms with van der Waals surface area (Å²) in [5.41, 5.74) is -2.81. The van der Waals surface area contributed by atoms with Crippen molar-refractivity contribution in [1.29, 1.82) is 5.26 Å². The molecule has 0 aliphatic carbocycles. The lowest BCUT2D eigenvalue weighted by Gasteiger charge is -2.12. The molecule has 0 spiro atoms. The van der Waals surface area contributed by atoms with Crippen LogP contribution in [0.25, 0.3) is 5.69 Å². The Morgan fingerprint density at radius 1 is 1.14 bits per heavy atom. The van der Waals surface area contributed by atoms with Gasteiger partial charge in [-0.1, -0.05) is 23.2 Å². The summed E-state index contributed by atoms with van der Waals surface area (Å²) in [4.78, 5) is 0. The van der Waals surface area contributed by atoms with Crippen molar-refractivity contribution in [3.63, 3.8) is 0 Å². The minimum atomic E-state index is -5.05. The average Bonchev–Trinajstić information content (AvgIpc) is 2.84. The molecule has 6 nitrogen and oxygen atoms in total. The molecule has 0 radical (unpaired) electrons. The molecule has 1 N–H and O–H groups in total. The molecule has 1 aromatic heterocycles. The van der Waals surface area contributed by atoms with Crippen LogP contribution < -0.4 is 4.72 Å². The van der Waals surface area contributed by atoms with Gasteiger partial charge in [-0.15, -0.1) is 0 Å². The Kier molecular flexibility index (Phi) is 5.80. The fourth-order valence-corrected chi connectivity index (χ4v) is 3.66. The van der Waals surface area contributed by atoms with E-state index in [1.54, 1.807) is 0 Å². The molecule has 0 atom stereocenters. The van der Waals surface area contributed by atoms with Crippen molar-refractivity contribution in [1.82, 2.24) is 9.78 Å². The lowest BCUT2D eigenvalue weighted by molar-refractivity contribution is -0.137. The molecular weight excluding hydrogens is 461 g/mol. The predicted molar refractivity (Wildman–Crippen MR) is 86.8 cm³/mol. The van der Waals surface area contributed by atoms with Crippen molar-refractivity contribution in [2.24, 2.45) is 0 Å². The molecule has 152 valence electrons. The molecule has 1 aromatic carbocycles. The highest BCUT2D eigenvalue weighted by Gasteiger charge is 2.36. The van der Waals surface area contributed by atoms with Crippen LogP contribution in [0.15, 0.2) is 18.3 Å². The monoisotopic (exact) mass is 466 g/mol. The van der Waals surface area contributed by atoms with Crippen LogP contribution in [0.3, 0.4) is 0 Å². The van der Waals surface area contributed by atoms with E-state index in [9.17, 15) is 34.8 Å². The second-order valence-electron chi connectivity index (χ2n) is 5.21. The van der Waals surface area contributed by atoms with Crippen molar-refractivity contribution in [3.8, 4) is 11.8 Å². The second-order valence-corrected chi connectivity index (χ2v) is 7.75. The first-order valence-corrected chi connectivity index (χ1v) is 9.17. The Labute approximate surface area is 163 Å². The van der Waals surface area contributed by atoms with E-state index in [1.165, 1.54) is 10.8 Å².